The van der Waals surface area contributed by atoms with Gasteiger partial charge in [-0.25, -0.2) is 0 Å². The lowest BCUT2D eigenvalue weighted by Crippen LogP contribution is -2.54. The van der Waals surface area contributed by atoms with Gasteiger partial charge in [0, 0.05) is 6.04 Å². The summed E-state index contributed by atoms with van der Waals surface area (Å²) >= 11 is 0. The smallest absolute Gasteiger partial charge is 0.122 e. The number of methoxy groups -OCH3 is 1. The fourth-order valence-electron chi connectivity index (χ4n) is 3.07. The maximum atomic E-state index is 5.50. The summed E-state index contributed by atoms with van der Waals surface area (Å²) in [5.41, 5.74) is 2.98. The average Bonchev–Trinajstić information content (AvgIpc) is 2.28. The van der Waals surface area contributed by atoms with Crippen LogP contribution in [0.5, 0.6) is 5.75 Å². The summed E-state index contributed by atoms with van der Waals surface area (Å²) in [6.07, 6.45) is 1.20. The normalized spacial score (nSPS) is 26.4. The van der Waals surface area contributed by atoms with E-state index in [0.29, 0.717) is 17.4 Å². The van der Waals surface area contributed by atoms with Crippen molar-refractivity contribution in [3.05, 3.63) is 29.3 Å². The van der Waals surface area contributed by atoms with Crippen molar-refractivity contribution in [3.63, 3.8) is 0 Å². The molecule has 1 aliphatic rings. The van der Waals surface area contributed by atoms with Gasteiger partial charge in [-0.2, -0.15) is 0 Å². The molecule has 1 saturated carbocycles. The van der Waals surface area contributed by atoms with Gasteiger partial charge in [-0.05, 0) is 43.4 Å². The maximum absolute atomic E-state index is 5.50. The van der Waals surface area contributed by atoms with Gasteiger partial charge in [-0.1, -0.05) is 31.5 Å². The molecule has 17 heavy (non-hydrogen) atoms. The van der Waals surface area contributed by atoms with Gasteiger partial charge < -0.3 is 10.1 Å². The molecule has 94 valence electrons. The molecule has 1 fully saturated rings. The van der Waals surface area contributed by atoms with Crippen LogP contribution in [0.3, 0.4) is 0 Å². The van der Waals surface area contributed by atoms with Crippen molar-refractivity contribution >= 4 is 0 Å². The van der Waals surface area contributed by atoms with E-state index in [-0.39, 0.29) is 0 Å². The standard InChI is InChI=1S/C15H23NO/c1-10-6-7-13(17-5)11(8-10)12-9-14(16-4)15(12,2)3/h6-8,12,14,16H,9H2,1-5H3. The zero-order valence-corrected chi connectivity index (χ0v) is 11.5. The van der Waals surface area contributed by atoms with Gasteiger partial charge in [0.1, 0.15) is 5.75 Å². The van der Waals surface area contributed by atoms with Crippen molar-refractivity contribution in [3.8, 4) is 5.75 Å². The molecule has 0 saturated heterocycles. The van der Waals surface area contributed by atoms with Crippen LogP contribution in [0.4, 0.5) is 0 Å². The molecule has 2 rings (SSSR count). The van der Waals surface area contributed by atoms with Crippen molar-refractivity contribution in [2.75, 3.05) is 14.2 Å². The molecule has 2 unspecified atom stereocenters. The first kappa shape index (κ1) is 12.4. The molecule has 1 aromatic rings. The SMILES string of the molecule is CNC1CC(c2cc(C)ccc2OC)C1(C)C. The van der Waals surface area contributed by atoms with Gasteiger partial charge in [-0.15, -0.1) is 0 Å². The van der Waals surface area contributed by atoms with Crippen LogP contribution in [0, 0.1) is 12.3 Å². The third-order valence-electron chi connectivity index (χ3n) is 4.38. The largest absolute Gasteiger partial charge is 0.496 e. The fraction of sp³-hybridized carbons (Fsp3) is 0.600. The predicted molar refractivity (Wildman–Crippen MR) is 71.7 cm³/mol. The number of nitrogens with one attached hydrogen (secondary N) is 1. The Morgan fingerprint density at radius 3 is 2.59 bits per heavy atom. The second-order valence-electron chi connectivity index (χ2n) is 5.70. The quantitative estimate of drug-likeness (QED) is 0.866. The number of hydrogen-bond donors (Lipinski definition) is 1. The second-order valence-corrected chi connectivity index (χ2v) is 5.70. The fourth-order valence-corrected chi connectivity index (χ4v) is 3.07. The molecule has 0 radical (unpaired) electrons. The van der Waals surface area contributed by atoms with Crippen LogP contribution in [0.25, 0.3) is 0 Å². The molecular formula is C15H23NO. The highest BCUT2D eigenvalue weighted by molar-refractivity contribution is 5.42. The Morgan fingerprint density at radius 1 is 1.35 bits per heavy atom. The van der Waals surface area contributed by atoms with E-state index in [1.165, 1.54) is 17.5 Å². The zero-order chi connectivity index (χ0) is 12.6. The molecule has 0 amide bonds. The van der Waals surface area contributed by atoms with Crippen LogP contribution in [-0.4, -0.2) is 20.2 Å². The van der Waals surface area contributed by atoms with Gasteiger partial charge in [0.25, 0.3) is 0 Å². The molecule has 0 aromatic heterocycles. The van der Waals surface area contributed by atoms with E-state index < -0.39 is 0 Å². The number of benzene rings is 1. The highest BCUT2D eigenvalue weighted by atomic mass is 16.5. The number of hydrogen-bond acceptors (Lipinski definition) is 2. The Balaban J connectivity index is 2.33. The van der Waals surface area contributed by atoms with Crippen molar-refractivity contribution in [2.45, 2.75) is 39.2 Å². The summed E-state index contributed by atoms with van der Waals surface area (Å²) in [4.78, 5) is 0. The number of ether oxygens (including phenoxy) is 1. The molecule has 0 aliphatic heterocycles. The minimum atomic E-state index is 0.301. The minimum absolute atomic E-state index is 0.301. The van der Waals surface area contributed by atoms with Crippen molar-refractivity contribution in [1.29, 1.82) is 0 Å². The lowest BCUT2D eigenvalue weighted by Gasteiger charge is -2.52. The first-order valence-electron chi connectivity index (χ1n) is 6.32. The average molecular weight is 233 g/mol. The van der Waals surface area contributed by atoms with Crippen LogP contribution >= 0.6 is 0 Å². The Bertz CT molecular complexity index is 411. The van der Waals surface area contributed by atoms with Crippen LogP contribution in [0.2, 0.25) is 0 Å². The molecule has 1 aliphatic carbocycles. The first-order chi connectivity index (χ1) is 8.00. The van der Waals surface area contributed by atoms with E-state index in [2.05, 4.69) is 51.3 Å². The van der Waals surface area contributed by atoms with E-state index in [9.17, 15) is 0 Å². The summed E-state index contributed by atoms with van der Waals surface area (Å²) in [6.45, 7) is 6.82. The summed E-state index contributed by atoms with van der Waals surface area (Å²) in [5.74, 6) is 1.62. The predicted octanol–water partition coefficient (Wildman–Crippen LogP) is 3.11. The zero-order valence-electron chi connectivity index (χ0n) is 11.5. The molecule has 2 atom stereocenters. The number of rotatable bonds is 3. The maximum Gasteiger partial charge on any atom is 0.122 e. The van der Waals surface area contributed by atoms with Gasteiger partial charge >= 0.3 is 0 Å². The van der Waals surface area contributed by atoms with E-state index in [4.69, 9.17) is 4.74 Å². The topological polar surface area (TPSA) is 21.3 Å². The Hall–Kier alpha value is -1.02. The van der Waals surface area contributed by atoms with E-state index in [1.54, 1.807) is 7.11 Å². The van der Waals surface area contributed by atoms with Gasteiger partial charge in [0.05, 0.1) is 7.11 Å². The molecule has 1 N–H and O–H groups in total. The summed E-state index contributed by atoms with van der Waals surface area (Å²) < 4.78 is 5.50. The van der Waals surface area contributed by atoms with Gasteiger partial charge in [0.2, 0.25) is 0 Å². The van der Waals surface area contributed by atoms with E-state index >= 15 is 0 Å². The summed E-state index contributed by atoms with van der Waals surface area (Å²) in [6, 6.07) is 7.09. The third-order valence-corrected chi connectivity index (χ3v) is 4.38. The monoisotopic (exact) mass is 233 g/mol. The summed E-state index contributed by atoms with van der Waals surface area (Å²) in [7, 11) is 3.81. The number of aryl methyl sites for hydroxylation is 1. The third kappa shape index (κ3) is 1.95. The van der Waals surface area contributed by atoms with Crippen molar-refractivity contribution in [1.82, 2.24) is 5.32 Å². The van der Waals surface area contributed by atoms with Crippen LogP contribution in [0.1, 0.15) is 37.3 Å². The van der Waals surface area contributed by atoms with Crippen molar-refractivity contribution < 1.29 is 4.74 Å². The molecule has 2 nitrogen and oxygen atoms in total. The highest BCUT2D eigenvalue weighted by Gasteiger charge is 2.48. The van der Waals surface area contributed by atoms with E-state index in [0.717, 1.165) is 5.75 Å². The Kier molecular flexibility index (Phi) is 3.17. The minimum Gasteiger partial charge on any atom is -0.496 e. The van der Waals surface area contributed by atoms with Crippen LogP contribution < -0.4 is 10.1 Å². The molecular weight excluding hydrogens is 210 g/mol. The van der Waals surface area contributed by atoms with Gasteiger partial charge in [0.15, 0.2) is 0 Å². The van der Waals surface area contributed by atoms with Crippen molar-refractivity contribution in [2.24, 2.45) is 5.41 Å². The molecule has 0 bridgehead atoms. The second kappa shape index (κ2) is 4.34. The van der Waals surface area contributed by atoms with Crippen LogP contribution in [0.15, 0.2) is 18.2 Å². The van der Waals surface area contributed by atoms with Crippen LogP contribution in [-0.2, 0) is 0 Å². The summed E-state index contributed by atoms with van der Waals surface area (Å²) in [5, 5.41) is 3.40. The molecule has 1 aromatic carbocycles. The van der Waals surface area contributed by atoms with E-state index in [1.807, 2.05) is 0 Å². The Labute approximate surface area is 104 Å². The molecule has 0 heterocycles. The first-order valence-corrected chi connectivity index (χ1v) is 6.32. The van der Waals surface area contributed by atoms with Gasteiger partial charge in [-0.3, -0.25) is 0 Å². The lowest BCUT2D eigenvalue weighted by atomic mass is 9.56. The molecule has 2 heteroatoms. The molecule has 0 spiro atoms. The lowest BCUT2D eigenvalue weighted by molar-refractivity contribution is 0.0734. The highest BCUT2D eigenvalue weighted by Crippen LogP contribution is 2.54. The Morgan fingerprint density at radius 2 is 2.06 bits per heavy atom.